The van der Waals surface area contributed by atoms with Crippen molar-refractivity contribution >= 4 is 11.9 Å². The average Bonchev–Trinajstić information content (AvgIpc) is 2.67. The summed E-state index contributed by atoms with van der Waals surface area (Å²) in [7, 11) is 1.37. The van der Waals surface area contributed by atoms with Crippen LogP contribution in [0.2, 0.25) is 0 Å². The summed E-state index contributed by atoms with van der Waals surface area (Å²) in [6.07, 6.45) is 1.57. The predicted molar refractivity (Wildman–Crippen MR) is 99.8 cm³/mol. The van der Waals surface area contributed by atoms with Gasteiger partial charge in [-0.25, -0.2) is 4.39 Å². The van der Waals surface area contributed by atoms with E-state index in [4.69, 9.17) is 9.47 Å². The second-order valence-electron chi connectivity index (χ2n) is 6.13. The molecule has 144 valence electrons. The fraction of sp³-hybridized carbons (Fsp3) is 0.333. The van der Waals surface area contributed by atoms with Gasteiger partial charge < -0.3 is 14.8 Å². The normalized spacial score (nSPS) is 11.5. The number of amides is 1. The summed E-state index contributed by atoms with van der Waals surface area (Å²) in [5.74, 6) is -1.41. The first-order valence-electron chi connectivity index (χ1n) is 8.85. The van der Waals surface area contributed by atoms with E-state index in [2.05, 4.69) is 5.32 Å². The lowest BCUT2D eigenvalue weighted by Crippen LogP contribution is -2.32. The standard InChI is InChI=1S/C21H24FNO4/c1-3-7-18(16-8-5-4-6-9-16)23-20(24)14-27-21(25)13-15-10-11-19(26-2)17(22)12-15/h4-6,8-12,18H,3,7,13-14H2,1-2H3,(H,23,24)/t18-/m0/s1. The van der Waals surface area contributed by atoms with E-state index in [1.807, 2.05) is 37.3 Å². The fourth-order valence-corrected chi connectivity index (χ4v) is 2.72. The summed E-state index contributed by atoms with van der Waals surface area (Å²) in [6.45, 7) is 1.67. The van der Waals surface area contributed by atoms with E-state index < -0.39 is 11.8 Å². The van der Waals surface area contributed by atoms with Crippen LogP contribution >= 0.6 is 0 Å². The van der Waals surface area contributed by atoms with Crippen molar-refractivity contribution < 1.29 is 23.5 Å². The molecule has 0 saturated heterocycles. The fourth-order valence-electron chi connectivity index (χ4n) is 2.72. The Bertz CT molecular complexity index is 764. The molecule has 2 aromatic rings. The van der Waals surface area contributed by atoms with E-state index in [1.165, 1.54) is 19.2 Å². The van der Waals surface area contributed by atoms with Crippen LogP contribution in [0.5, 0.6) is 5.75 Å². The smallest absolute Gasteiger partial charge is 0.310 e. The minimum atomic E-state index is -0.596. The Morgan fingerprint density at radius 2 is 1.89 bits per heavy atom. The number of carbonyl (C=O) groups excluding carboxylic acids is 2. The molecule has 5 nitrogen and oxygen atoms in total. The highest BCUT2D eigenvalue weighted by Crippen LogP contribution is 2.19. The quantitative estimate of drug-likeness (QED) is 0.683. The number of carbonyl (C=O) groups is 2. The van der Waals surface area contributed by atoms with Gasteiger partial charge in [-0.05, 0) is 29.7 Å². The molecule has 2 rings (SSSR count). The summed E-state index contributed by atoms with van der Waals surface area (Å²) in [5, 5.41) is 2.88. The maximum atomic E-state index is 13.7. The summed E-state index contributed by atoms with van der Waals surface area (Å²) in [5.41, 5.74) is 1.46. The number of hydrogen-bond acceptors (Lipinski definition) is 4. The first kappa shape index (κ1) is 20.4. The van der Waals surface area contributed by atoms with Gasteiger partial charge in [0.1, 0.15) is 0 Å². The molecule has 0 fully saturated rings. The van der Waals surface area contributed by atoms with Crippen molar-refractivity contribution in [3.63, 3.8) is 0 Å². The van der Waals surface area contributed by atoms with Crippen LogP contribution in [0.25, 0.3) is 0 Å². The molecule has 27 heavy (non-hydrogen) atoms. The van der Waals surface area contributed by atoms with Crippen LogP contribution in [0.4, 0.5) is 4.39 Å². The van der Waals surface area contributed by atoms with E-state index in [0.29, 0.717) is 5.56 Å². The molecule has 0 unspecified atom stereocenters. The van der Waals surface area contributed by atoms with Crippen LogP contribution < -0.4 is 10.1 Å². The first-order chi connectivity index (χ1) is 13.0. The SMILES string of the molecule is CCC[C@H](NC(=O)COC(=O)Cc1ccc(OC)c(F)c1)c1ccccc1. The van der Waals surface area contributed by atoms with Gasteiger partial charge in [-0.15, -0.1) is 0 Å². The third-order valence-electron chi connectivity index (χ3n) is 4.04. The number of hydrogen-bond donors (Lipinski definition) is 1. The number of methoxy groups -OCH3 is 1. The Morgan fingerprint density at radius 1 is 1.15 bits per heavy atom. The van der Waals surface area contributed by atoms with Crippen molar-refractivity contribution in [1.29, 1.82) is 0 Å². The largest absolute Gasteiger partial charge is 0.494 e. The molecule has 0 aliphatic heterocycles. The van der Waals surface area contributed by atoms with E-state index in [0.717, 1.165) is 18.4 Å². The maximum absolute atomic E-state index is 13.7. The Hall–Kier alpha value is -2.89. The van der Waals surface area contributed by atoms with Crippen molar-refractivity contribution in [3.05, 3.63) is 65.5 Å². The van der Waals surface area contributed by atoms with Crippen LogP contribution in [0.15, 0.2) is 48.5 Å². The lowest BCUT2D eigenvalue weighted by Gasteiger charge is -2.18. The molecule has 0 aliphatic carbocycles. The van der Waals surface area contributed by atoms with E-state index in [1.54, 1.807) is 6.07 Å². The van der Waals surface area contributed by atoms with Gasteiger partial charge in [-0.3, -0.25) is 9.59 Å². The summed E-state index contributed by atoms with van der Waals surface area (Å²) in [6, 6.07) is 13.8. The van der Waals surface area contributed by atoms with Crippen molar-refractivity contribution in [3.8, 4) is 5.75 Å². The third kappa shape index (κ3) is 6.40. The Kier molecular flexibility index (Phi) is 7.79. The molecular weight excluding hydrogens is 349 g/mol. The zero-order chi connectivity index (χ0) is 19.6. The third-order valence-corrected chi connectivity index (χ3v) is 4.04. The van der Waals surface area contributed by atoms with Crippen LogP contribution in [0, 0.1) is 5.82 Å². The van der Waals surface area contributed by atoms with E-state index in [-0.39, 0.29) is 30.7 Å². The van der Waals surface area contributed by atoms with Crippen molar-refractivity contribution in [2.24, 2.45) is 0 Å². The molecule has 0 aliphatic rings. The van der Waals surface area contributed by atoms with E-state index in [9.17, 15) is 14.0 Å². The topological polar surface area (TPSA) is 64.6 Å². The minimum absolute atomic E-state index is 0.106. The number of rotatable bonds is 9. The summed E-state index contributed by atoms with van der Waals surface area (Å²) < 4.78 is 23.5. The molecule has 0 heterocycles. The Morgan fingerprint density at radius 3 is 2.52 bits per heavy atom. The van der Waals surface area contributed by atoms with Gasteiger partial charge in [0.2, 0.25) is 0 Å². The molecule has 1 atom stereocenters. The van der Waals surface area contributed by atoms with Gasteiger partial charge in [0.15, 0.2) is 18.2 Å². The molecule has 1 amide bonds. The number of benzene rings is 2. The lowest BCUT2D eigenvalue weighted by molar-refractivity contribution is -0.148. The average molecular weight is 373 g/mol. The number of nitrogens with one attached hydrogen (secondary N) is 1. The zero-order valence-electron chi connectivity index (χ0n) is 15.5. The van der Waals surface area contributed by atoms with Gasteiger partial charge in [-0.1, -0.05) is 49.7 Å². The highest BCUT2D eigenvalue weighted by atomic mass is 19.1. The van der Waals surface area contributed by atoms with Gasteiger partial charge in [0.25, 0.3) is 5.91 Å². The molecule has 6 heteroatoms. The second kappa shape index (κ2) is 10.3. The maximum Gasteiger partial charge on any atom is 0.310 e. The predicted octanol–water partition coefficient (Wildman–Crippen LogP) is 3.58. The van der Waals surface area contributed by atoms with Crippen molar-refractivity contribution in [1.82, 2.24) is 5.32 Å². The van der Waals surface area contributed by atoms with Gasteiger partial charge >= 0.3 is 5.97 Å². The van der Waals surface area contributed by atoms with Crippen LogP contribution in [0.1, 0.15) is 36.9 Å². The van der Waals surface area contributed by atoms with Gasteiger partial charge in [0.05, 0.1) is 19.6 Å². The van der Waals surface area contributed by atoms with Crippen molar-refractivity contribution in [2.75, 3.05) is 13.7 Å². The number of ether oxygens (including phenoxy) is 2. The molecule has 1 N–H and O–H groups in total. The Labute approximate surface area is 158 Å². The molecular formula is C21H24FNO4. The summed E-state index contributed by atoms with van der Waals surface area (Å²) in [4.78, 5) is 24.0. The summed E-state index contributed by atoms with van der Waals surface area (Å²) >= 11 is 0. The van der Waals surface area contributed by atoms with Crippen LogP contribution in [-0.4, -0.2) is 25.6 Å². The highest BCUT2D eigenvalue weighted by molar-refractivity contribution is 5.81. The molecule has 0 bridgehead atoms. The molecule has 0 saturated carbocycles. The van der Waals surface area contributed by atoms with Gasteiger partial charge in [-0.2, -0.15) is 0 Å². The number of halogens is 1. The Balaban J connectivity index is 1.85. The number of esters is 1. The molecule has 2 aromatic carbocycles. The van der Waals surface area contributed by atoms with Crippen LogP contribution in [0.3, 0.4) is 0 Å². The molecule has 0 aromatic heterocycles. The van der Waals surface area contributed by atoms with Crippen molar-refractivity contribution in [2.45, 2.75) is 32.2 Å². The minimum Gasteiger partial charge on any atom is -0.494 e. The molecule has 0 radical (unpaired) electrons. The first-order valence-corrected chi connectivity index (χ1v) is 8.85. The molecule has 0 spiro atoms. The van der Waals surface area contributed by atoms with Gasteiger partial charge in [0, 0.05) is 0 Å². The monoisotopic (exact) mass is 373 g/mol. The zero-order valence-corrected chi connectivity index (χ0v) is 15.5. The van der Waals surface area contributed by atoms with Crippen LogP contribution in [-0.2, 0) is 20.7 Å². The lowest BCUT2D eigenvalue weighted by atomic mass is 10.0. The highest BCUT2D eigenvalue weighted by Gasteiger charge is 2.15. The van der Waals surface area contributed by atoms with E-state index >= 15 is 0 Å². The second-order valence-corrected chi connectivity index (χ2v) is 6.13.